The third-order valence-electron chi connectivity index (χ3n) is 3.25. The van der Waals surface area contributed by atoms with Crippen LogP contribution in [0, 0.1) is 6.92 Å². The van der Waals surface area contributed by atoms with Crippen LogP contribution in [0.1, 0.15) is 27.7 Å². The van der Waals surface area contributed by atoms with Crippen molar-refractivity contribution in [1.29, 1.82) is 0 Å². The fraction of sp³-hybridized carbons (Fsp3) is 0.286. The van der Waals surface area contributed by atoms with Gasteiger partial charge in [-0.25, -0.2) is 0 Å². The standard InChI is InChI=1S/C14H13BrO2S/c1-8-11(7-13(15)18-8)14(16)10-2-3-12-9(6-10)4-5-17-12/h2-3,6-7,14,16H,4-5H2,1H3. The van der Waals surface area contributed by atoms with Crippen LogP contribution in [0.2, 0.25) is 0 Å². The normalized spacial score (nSPS) is 15.3. The van der Waals surface area contributed by atoms with Crippen molar-refractivity contribution in [3.63, 3.8) is 0 Å². The molecule has 1 unspecified atom stereocenters. The Balaban J connectivity index is 1.97. The Morgan fingerprint density at radius 2 is 2.22 bits per heavy atom. The quantitative estimate of drug-likeness (QED) is 0.909. The second-order valence-electron chi connectivity index (χ2n) is 4.43. The number of aliphatic hydroxyl groups is 1. The molecule has 0 aliphatic carbocycles. The number of fused-ring (bicyclic) bond motifs is 1. The fourth-order valence-corrected chi connectivity index (χ4v) is 4.03. The van der Waals surface area contributed by atoms with Gasteiger partial charge in [-0.05, 0) is 57.7 Å². The zero-order chi connectivity index (χ0) is 12.7. The van der Waals surface area contributed by atoms with E-state index in [-0.39, 0.29) is 0 Å². The lowest BCUT2D eigenvalue weighted by Crippen LogP contribution is -2.00. The van der Waals surface area contributed by atoms with Gasteiger partial charge in [0.15, 0.2) is 0 Å². The molecule has 1 aromatic carbocycles. The monoisotopic (exact) mass is 324 g/mol. The van der Waals surface area contributed by atoms with Gasteiger partial charge in [0.25, 0.3) is 0 Å². The molecule has 0 spiro atoms. The molecule has 0 saturated heterocycles. The van der Waals surface area contributed by atoms with Gasteiger partial charge >= 0.3 is 0 Å². The number of benzene rings is 1. The Morgan fingerprint density at radius 1 is 1.39 bits per heavy atom. The second-order valence-corrected chi connectivity index (χ2v) is 7.07. The van der Waals surface area contributed by atoms with Gasteiger partial charge in [0, 0.05) is 11.3 Å². The van der Waals surface area contributed by atoms with Crippen LogP contribution in [-0.4, -0.2) is 11.7 Å². The number of rotatable bonds is 2. The molecule has 0 fully saturated rings. The summed E-state index contributed by atoms with van der Waals surface area (Å²) in [4.78, 5) is 1.14. The SMILES string of the molecule is Cc1sc(Br)cc1C(O)c1ccc2c(c1)CCO2. The first kappa shape index (κ1) is 12.2. The maximum Gasteiger partial charge on any atom is 0.122 e. The highest BCUT2D eigenvalue weighted by Crippen LogP contribution is 2.35. The molecule has 1 aromatic heterocycles. The summed E-state index contributed by atoms with van der Waals surface area (Å²) < 4.78 is 6.53. The second kappa shape index (κ2) is 4.68. The molecule has 1 aliphatic heterocycles. The van der Waals surface area contributed by atoms with Gasteiger partial charge in [-0.15, -0.1) is 11.3 Å². The molecule has 0 saturated carbocycles. The van der Waals surface area contributed by atoms with Crippen LogP contribution >= 0.6 is 27.3 Å². The van der Waals surface area contributed by atoms with Crippen molar-refractivity contribution in [2.45, 2.75) is 19.4 Å². The summed E-state index contributed by atoms with van der Waals surface area (Å²) >= 11 is 5.11. The van der Waals surface area contributed by atoms with Crippen molar-refractivity contribution in [3.8, 4) is 5.75 Å². The Bertz CT molecular complexity index is 591. The van der Waals surface area contributed by atoms with Crippen molar-refractivity contribution >= 4 is 27.3 Å². The van der Waals surface area contributed by atoms with Gasteiger partial charge in [0.1, 0.15) is 11.9 Å². The summed E-state index contributed by atoms with van der Waals surface area (Å²) in [5.41, 5.74) is 3.11. The van der Waals surface area contributed by atoms with E-state index in [0.29, 0.717) is 0 Å². The average Bonchev–Trinajstić information content (AvgIpc) is 2.93. The van der Waals surface area contributed by atoms with Gasteiger partial charge in [-0.3, -0.25) is 0 Å². The van der Waals surface area contributed by atoms with E-state index in [4.69, 9.17) is 4.74 Å². The highest BCUT2D eigenvalue weighted by Gasteiger charge is 2.19. The van der Waals surface area contributed by atoms with Gasteiger partial charge < -0.3 is 9.84 Å². The Kier molecular flexibility index (Phi) is 3.18. The third kappa shape index (κ3) is 2.09. The smallest absolute Gasteiger partial charge is 0.122 e. The molecular formula is C14H13BrO2S. The molecule has 94 valence electrons. The highest BCUT2D eigenvalue weighted by molar-refractivity contribution is 9.11. The molecule has 2 heterocycles. The van der Waals surface area contributed by atoms with Crippen molar-refractivity contribution in [1.82, 2.24) is 0 Å². The fourth-order valence-electron chi connectivity index (χ4n) is 2.29. The first-order valence-corrected chi connectivity index (χ1v) is 7.45. The summed E-state index contributed by atoms with van der Waals surface area (Å²) in [6.07, 6.45) is 0.376. The number of hydrogen-bond acceptors (Lipinski definition) is 3. The van der Waals surface area contributed by atoms with Crippen LogP contribution in [0.3, 0.4) is 0 Å². The summed E-state index contributed by atoms with van der Waals surface area (Å²) in [5.74, 6) is 0.953. The van der Waals surface area contributed by atoms with Gasteiger partial charge in [-0.1, -0.05) is 6.07 Å². The molecule has 3 rings (SSSR count). The van der Waals surface area contributed by atoms with Crippen LogP contribution in [0.25, 0.3) is 0 Å². The van der Waals surface area contributed by atoms with Crippen LogP contribution in [0.5, 0.6) is 5.75 Å². The van der Waals surface area contributed by atoms with E-state index < -0.39 is 6.10 Å². The lowest BCUT2D eigenvalue weighted by Gasteiger charge is -2.12. The number of aliphatic hydroxyl groups excluding tert-OH is 1. The van der Waals surface area contributed by atoms with E-state index in [2.05, 4.69) is 22.0 Å². The highest BCUT2D eigenvalue weighted by atomic mass is 79.9. The number of halogens is 1. The molecule has 1 N–H and O–H groups in total. The number of ether oxygens (including phenoxy) is 1. The first-order valence-electron chi connectivity index (χ1n) is 5.84. The molecule has 2 nitrogen and oxygen atoms in total. The number of aryl methyl sites for hydroxylation is 1. The van der Waals surface area contributed by atoms with E-state index in [1.54, 1.807) is 11.3 Å². The van der Waals surface area contributed by atoms with Crippen molar-refractivity contribution in [3.05, 3.63) is 49.6 Å². The van der Waals surface area contributed by atoms with Gasteiger partial charge in [0.05, 0.1) is 10.4 Å². The summed E-state index contributed by atoms with van der Waals surface area (Å²) in [5, 5.41) is 10.5. The Morgan fingerprint density at radius 3 is 2.94 bits per heavy atom. The van der Waals surface area contributed by atoms with Gasteiger partial charge in [-0.2, -0.15) is 0 Å². The molecule has 4 heteroatoms. The van der Waals surface area contributed by atoms with Crippen LogP contribution < -0.4 is 4.74 Å². The van der Waals surface area contributed by atoms with Gasteiger partial charge in [0.2, 0.25) is 0 Å². The average molecular weight is 325 g/mol. The molecular weight excluding hydrogens is 312 g/mol. The topological polar surface area (TPSA) is 29.5 Å². The lowest BCUT2D eigenvalue weighted by molar-refractivity contribution is 0.220. The van der Waals surface area contributed by atoms with Crippen molar-refractivity contribution < 1.29 is 9.84 Å². The maximum atomic E-state index is 10.5. The first-order chi connectivity index (χ1) is 8.65. The third-order valence-corrected chi connectivity index (χ3v) is 4.82. The maximum absolute atomic E-state index is 10.5. The molecule has 0 radical (unpaired) electrons. The predicted octanol–water partition coefficient (Wildman–Crippen LogP) is 3.84. The minimum absolute atomic E-state index is 0.557. The summed E-state index contributed by atoms with van der Waals surface area (Å²) in [7, 11) is 0. The predicted molar refractivity (Wildman–Crippen MR) is 76.5 cm³/mol. The molecule has 2 aromatic rings. The molecule has 0 bridgehead atoms. The molecule has 18 heavy (non-hydrogen) atoms. The minimum Gasteiger partial charge on any atom is -0.493 e. The zero-order valence-corrected chi connectivity index (χ0v) is 12.3. The van der Waals surface area contributed by atoms with E-state index in [1.807, 2.05) is 25.1 Å². The summed E-state index contributed by atoms with van der Waals surface area (Å²) in [6.45, 7) is 2.78. The van der Waals surface area contributed by atoms with E-state index >= 15 is 0 Å². The molecule has 0 amide bonds. The Labute approximate surface area is 118 Å². The lowest BCUT2D eigenvalue weighted by atomic mass is 9.99. The largest absolute Gasteiger partial charge is 0.493 e. The number of hydrogen-bond donors (Lipinski definition) is 1. The van der Waals surface area contributed by atoms with Crippen LogP contribution in [-0.2, 0) is 6.42 Å². The van der Waals surface area contributed by atoms with E-state index in [0.717, 1.165) is 38.6 Å². The number of thiophene rings is 1. The zero-order valence-electron chi connectivity index (χ0n) is 9.94. The minimum atomic E-state index is -0.557. The van der Waals surface area contributed by atoms with E-state index in [1.165, 1.54) is 5.56 Å². The Hall–Kier alpha value is -0.840. The van der Waals surface area contributed by atoms with Crippen molar-refractivity contribution in [2.75, 3.05) is 6.61 Å². The molecule has 1 atom stereocenters. The summed E-state index contributed by atoms with van der Waals surface area (Å²) in [6, 6.07) is 7.95. The van der Waals surface area contributed by atoms with Crippen LogP contribution in [0.15, 0.2) is 28.1 Å². The van der Waals surface area contributed by atoms with E-state index in [9.17, 15) is 5.11 Å². The van der Waals surface area contributed by atoms with Crippen LogP contribution in [0.4, 0.5) is 0 Å². The molecule has 1 aliphatic rings. The van der Waals surface area contributed by atoms with Crippen molar-refractivity contribution in [2.24, 2.45) is 0 Å².